The molecular weight excluding hydrogens is 178 g/mol. The molecule has 1 amide bonds. The summed E-state index contributed by atoms with van der Waals surface area (Å²) in [5, 5.41) is 0. The maximum atomic E-state index is 10.6. The third kappa shape index (κ3) is 3.12. The number of nitrogens with zero attached hydrogens (tertiary/aromatic N) is 2. The zero-order valence-corrected chi connectivity index (χ0v) is 8.31. The van der Waals surface area contributed by atoms with E-state index in [2.05, 4.69) is 16.9 Å². The van der Waals surface area contributed by atoms with Crippen LogP contribution in [0.3, 0.4) is 0 Å². The van der Waals surface area contributed by atoms with Crippen LogP contribution in [0.5, 0.6) is 0 Å². The highest BCUT2D eigenvalue weighted by atomic mass is 16.1. The molecule has 0 spiro atoms. The summed E-state index contributed by atoms with van der Waals surface area (Å²) < 4.78 is 0. The first kappa shape index (κ1) is 10.6. The lowest BCUT2D eigenvalue weighted by Gasteiger charge is -2.12. The van der Waals surface area contributed by atoms with Gasteiger partial charge < -0.3 is 5.73 Å². The van der Waals surface area contributed by atoms with E-state index in [1.54, 1.807) is 12.4 Å². The summed E-state index contributed by atoms with van der Waals surface area (Å²) in [6, 6.07) is 0. The largest absolute Gasteiger partial charge is 0.370 e. The molecule has 0 radical (unpaired) electrons. The summed E-state index contributed by atoms with van der Waals surface area (Å²) in [4.78, 5) is 18.5. The van der Waals surface area contributed by atoms with Gasteiger partial charge in [-0.05, 0) is 24.3 Å². The highest BCUT2D eigenvalue weighted by Gasteiger charge is 2.10. The molecule has 0 saturated carbocycles. The van der Waals surface area contributed by atoms with E-state index < -0.39 is 0 Å². The van der Waals surface area contributed by atoms with Crippen LogP contribution >= 0.6 is 0 Å². The van der Waals surface area contributed by atoms with Crippen LogP contribution in [-0.2, 0) is 4.79 Å². The second kappa shape index (κ2) is 5.32. The fourth-order valence-corrected chi connectivity index (χ4v) is 1.44. The topological polar surface area (TPSA) is 68.9 Å². The number of carbonyl (C=O) groups excluding carboxylic acids is 1. The second-order valence-electron chi connectivity index (χ2n) is 3.28. The molecule has 1 heterocycles. The van der Waals surface area contributed by atoms with Gasteiger partial charge >= 0.3 is 0 Å². The Morgan fingerprint density at radius 1 is 1.50 bits per heavy atom. The SMILES string of the molecule is CCC(CCC(N)=O)c1cncnc1. The smallest absolute Gasteiger partial charge is 0.217 e. The number of carbonyl (C=O) groups is 1. The Kier molecular flexibility index (Phi) is 4.04. The molecule has 0 saturated heterocycles. The first-order chi connectivity index (χ1) is 6.74. The molecule has 1 aromatic heterocycles. The zero-order chi connectivity index (χ0) is 10.4. The number of amides is 1. The summed E-state index contributed by atoms with van der Waals surface area (Å²) in [5.41, 5.74) is 6.18. The van der Waals surface area contributed by atoms with Gasteiger partial charge in [-0.25, -0.2) is 9.97 Å². The fourth-order valence-electron chi connectivity index (χ4n) is 1.44. The first-order valence-corrected chi connectivity index (χ1v) is 4.77. The number of nitrogens with two attached hydrogens (primary N) is 1. The molecule has 1 aromatic rings. The van der Waals surface area contributed by atoms with Gasteiger partial charge in [-0.3, -0.25) is 4.79 Å². The van der Waals surface area contributed by atoms with Crippen molar-refractivity contribution in [3.05, 3.63) is 24.3 Å². The molecule has 4 nitrogen and oxygen atoms in total. The summed E-state index contributed by atoms with van der Waals surface area (Å²) in [5.74, 6) is 0.0870. The van der Waals surface area contributed by atoms with Crippen molar-refractivity contribution in [3.8, 4) is 0 Å². The van der Waals surface area contributed by atoms with E-state index in [0.717, 1.165) is 18.4 Å². The first-order valence-electron chi connectivity index (χ1n) is 4.77. The van der Waals surface area contributed by atoms with E-state index in [-0.39, 0.29) is 5.91 Å². The van der Waals surface area contributed by atoms with Crippen molar-refractivity contribution >= 4 is 5.91 Å². The highest BCUT2D eigenvalue weighted by Crippen LogP contribution is 2.22. The maximum Gasteiger partial charge on any atom is 0.217 e. The minimum Gasteiger partial charge on any atom is -0.370 e. The normalized spacial score (nSPS) is 12.4. The average molecular weight is 193 g/mol. The summed E-state index contributed by atoms with van der Waals surface area (Å²) in [7, 11) is 0. The molecule has 0 fully saturated rings. The summed E-state index contributed by atoms with van der Waals surface area (Å²) in [6.45, 7) is 2.08. The van der Waals surface area contributed by atoms with Crippen molar-refractivity contribution in [2.45, 2.75) is 32.1 Å². The van der Waals surface area contributed by atoms with E-state index in [9.17, 15) is 4.79 Å². The Bertz CT molecular complexity index is 287. The van der Waals surface area contributed by atoms with Gasteiger partial charge in [0.15, 0.2) is 0 Å². The molecule has 0 aliphatic rings. The van der Waals surface area contributed by atoms with Crippen LogP contribution in [0.1, 0.15) is 37.7 Å². The molecule has 2 N–H and O–H groups in total. The van der Waals surface area contributed by atoms with Gasteiger partial charge in [-0.1, -0.05) is 6.92 Å². The Labute approximate surface area is 83.6 Å². The monoisotopic (exact) mass is 193 g/mol. The molecule has 1 rings (SSSR count). The highest BCUT2D eigenvalue weighted by molar-refractivity contribution is 5.73. The minimum absolute atomic E-state index is 0.250. The zero-order valence-electron chi connectivity index (χ0n) is 8.31. The van der Waals surface area contributed by atoms with Gasteiger partial charge in [0.25, 0.3) is 0 Å². The lowest BCUT2D eigenvalue weighted by Crippen LogP contribution is -2.12. The van der Waals surface area contributed by atoms with E-state index >= 15 is 0 Å². The van der Waals surface area contributed by atoms with Crippen LogP contribution in [0.25, 0.3) is 0 Å². The molecule has 76 valence electrons. The number of hydrogen-bond acceptors (Lipinski definition) is 3. The molecule has 1 atom stereocenters. The second-order valence-corrected chi connectivity index (χ2v) is 3.28. The van der Waals surface area contributed by atoms with E-state index in [4.69, 9.17) is 5.73 Å². The van der Waals surface area contributed by atoms with E-state index in [1.807, 2.05) is 0 Å². The Morgan fingerprint density at radius 3 is 2.64 bits per heavy atom. The Morgan fingerprint density at radius 2 is 2.14 bits per heavy atom. The molecule has 4 heteroatoms. The van der Waals surface area contributed by atoms with Crippen molar-refractivity contribution in [2.75, 3.05) is 0 Å². The number of primary amides is 1. The van der Waals surface area contributed by atoms with Gasteiger partial charge in [0.05, 0.1) is 0 Å². The molecular formula is C10H15N3O. The third-order valence-electron chi connectivity index (χ3n) is 2.28. The van der Waals surface area contributed by atoms with Crippen LogP contribution in [0.4, 0.5) is 0 Å². The molecule has 14 heavy (non-hydrogen) atoms. The summed E-state index contributed by atoms with van der Waals surface area (Å²) >= 11 is 0. The lowest BCUT2D eigenvalue weighted by molar-refractivity contribution is -0.118. The minimum atomic E-state index is -0.250. The maximum absolute atomic E-state index is 10.6. The van der Waals surface area contributed by atoms with Crippen LogP contribution in [0, 0.1) is 0 Å². The van der Waals surface area contributed by atoms with Gasteiger partial charge in [0.2, 0.25) is 5.91 Å². The predicted octanol–water partition coefficient (Wildman–Crippen LogP) is 1.24. The molecule has 0 aliphatic carbocycles. The van der Waals surface area contributed by atoms with Crippen LogP contribution in [-0.4, -0.2) is 15.9 Å². The van der Waals surface area contributed by atoms with Crippen LogP contribution in [0.15, 0.2) is 18.7 Å². The van der Waals surface area contributed by atoms with Crippen molar-refractivity contribution in [1.29, 1.82) is 0 Å². The van der Waals surface area contributed by atoms with E-state index in [0.29, 0.717) is 12.3 Å². The van der Waals surface area contributed by atoms with Crippen LogP contribution < -0.4 is 5.73 Å². The van der Waals surface area contributed by atoms with Crippen molar-refractivity contribution < 1.29 is 4.79 Å². The quantitative estimate of drug-likeness (QED) is 0.764. The average Bonchev–Trinajstić information content (AvgIpc) is 2.20. The molecule has 0 aliphatic heterocycles. The number of rotatable bonds is 5. The standard InChI is InChI=1S/C10H15N3O/c1-2-8(3-4-10(11)14)9-5-12-7-13-6-9/h5-8H,2-4H2,1H3,(H2,11,14). The number of hydrogen-bond donors (Lipinski definition) is 1. The van der Waals surface area contributed by atoms with Crippen LogP contribution in [0.2, 0.25) is 0 Å². The van der Waals surface area contributed by atoms with Gasteiger partial charge in [0.1, 0.15) is 6.33 Å². The van der Waals surface area contributed by atoms with Crippen molar-refractivity contribution in [1.82, 2.24) is 9.97 Å². The molecule has 0 aromatic carbocycles. The summed E-state index contributed by atoms with van der Waals surface area (Å²) in [6.07, 6.45) is 7.27. The van der Waals surface area contributed by atoms with E-state index in [1.165, 1.54) is 6.33 Å². The fraction of sp³-hybridized carbons (Fsp3) is 0.500. The van der Waals surface area contributed by atoms with Gasteiger partial charge in [-0.15, -0.1) is 0 Å². The van der Waals surface area contributed by atoms with Crippen molar-refractivity contribution in [2.24, 2.45) is 5.73 Å². The Balaban J connectivity index is 2.58. The Hall–Kier alpha value is -1.45. The van der Waals surface area contributed by atoms with Gasteiger partial charge in [-0.2, -0.15) is 0 Å². The molecule has 1 unspecified atom stereocenters. The third-order valence-corrected chi connectivity index (χ3v) is 2.28. The van der Waals surface area contributed by atoms with Crippen molar-refractivity contribution in [3.63, 3.8) is 0 Å². The predicted molar refractivity (Wildman–Crippen MR) is 53.5 cm³/mol. The molecule has 0 bridgehead atoms. The van der Waals surface area contributed by atoms with Gasteiger partial charge in [0, 0.05) is 18.8 Å². The number of aromatic nitrogens is 2. The lowest BCUT2D eigenvalue weighted by atomic mass is 9.94.